The summed E-state index contributed by atoms with van der Waals surface area (Å²) in [6.07, 6.45) is 2.67. The summed E-state index contributed by atoms with van der Waals surface area (Å²) in [6, 6.07) is 12.2. The molecule has 2 aromatic heterocycles. The van der Waals surface area contributed by atoms with Crippen LogP contribution in [0.5, 0.6) is 0 Å². The lowest BCUT2D eigenvalue weighted by atomic mass is 9.97. The number of pyridine rings is 2. The Morgan fingerprint density at radius 2 is 1.84 bits per heavy atom. The maximum absolute atomic E-state index is 13.5. The molecule has 0 bridgehead atoms. The number of H-pyrrole nitrogens is 1. The quantitative estimate of drug-likeness (QED) is 0.392. The number of nitrogens with zero attached hydrogens (tertiary/aromatic N) is 2. The molecule has 156 valence electrons. The maximum atomic E-state index is 13.5. The zero-order chi connectivity index (χ0) is 21.5. The Bertz CT molecular complexity index is 1360. The number of carbonyl (C=O) groups excluding carboxylic acids is 1. The van der Waals surface area contributed by atoms with Gasteiger partial charge in [0.05, 0.1) is 0 Å². The molecule has 2 aromatic carbocycles. The van der Waals surface area contributed by atoms with Crippen LogP contribution in [-0.4, -0.2) is 28.8 Å². The van der Waals surface area contributed by atoms with Crippen molar-refractivity contribution < 1.29 is 13.6 Å². The number of carbonyl (C=O) groups is 1. The Morgan fingerprint density at radius 1 is 1.10 bits per heavy atom. The number of nitrogens with one attached hydrogen (secondary N) is 1. The van der Waals surface area contributed by atoms with Crippen LogP contribution in [0, 0.1) is 17.6 Å². The minimum absolute atomic E-state index is 0.0638. The first kappa shape index (κ1) is 19.4. The summed E-state index contributed by atoms with van der Waals surface area (Å²) in [7, 11) is 0. The van der Waals surface area contributed by atoms with E-state index in [9.17, 15) is 18.4 Å². The van der Waals surface area contributed by atoms with Crippen LogP contribution in [-0.2, 0) is 0 Å². The molecule has 1 aliphatic heterocycles. The van der Waals surface area contributed by atoms with E-state index in [4.69, 9.17) is 0 Å². The second-order valence-electron chi connectivity index (χ2n) is 7.94. The van der Waals surface area contributed by atoms with Crippen LogP contribution in [0.3, 0.4) is 0 Å². The average molecular weight is 419 g/mol. The average Bonchev–Trinajstić information content (AvgIpc) is 3.21. The summed E-state index contributed by atoms with van der Waals surface area (Å²) in [5.41, 5.74) is 1.36. The lowest BCUT2D eigenvalue weighted by Crippen LogP contribution is -2.21. The summed E-state index contributed by atoms with van der Waals surface area (Å²) in [4.78, 5) is 34.3. The van der Waals surface area contributed by atoms with Gasteiger partial charge in [0.25, 0.3) is 5.56 Å². The first-order valence-corrected chi connectivity index (χ1v) is 10.1. The van der Waals surface area contributed by atoms with Crippen molar-refractivity contribution in [1.29, 1.82) is 0 Å². The van der Waals surface area contributed by atoms with Crippen molar-refractivity contribution in [3.8, 4) is 0 Å². The monoisotopic (exact) mass is 419 g/mol. The molecule has 3 heterocycles. The van der Waals surface area contributed by atoms with Crippen molar-refractivity contribution in [1.82, 2.24) is 9.97 Å². The Labute approximate surface area is 176 Å². The number of anilines is 1. The number of halogens is 2. The number of aromatic nitrogens is 2. The van der Waals surface area contributed by atoms with Crippen LogP contribution in [0.1, 0.15) is 23.2 Å². The summed E-state index contributed by atoms with van der Waals surface area (Å²) in [5.74, 6) is -1.70. The third-order valence-corrected chi connectivity index (χ3v) is 5.89. The van der Waals surface area contributed by atoms with Crippen molar-refractivity contribution in [3.63, 3.8) is 0 Å². The van der Waals surface area contributed by atoms with Gasteiger partial charge in [-0.25, -0.2) is 13.8 Å². The van der Waals surface area contributed by atoms with Crippen LogP contribution in [0.2, 0.25) is 0 Å². The van der Waals surface area contributed by atoms with Gasteiger partial charge in [0.15, 0.2) is 5.78 Å². The van der Waals surface area contributed by atoms with E-state index in [2.05, 4.69) is 14.9 Å². The molecule has 1 saturated heterocycles. The molecular formula is C24H19F2N3O2. The molecule has 31 heavy (non-hydrogen) atoms. The van der Waals surface area contributed by atoms with E-state index in [-0.39, 0.29) is 29.2 Å². The van der Waals surface area contributed by atoms with Crippen LogP contribution in [0.15, 0.2) is 59.5 Å². The number of benzene rings is 2. The largest absolute Gasteiger partial charge is 0.371 e. The molecule has 0 spiro atoms. The van der Waals surface area contributed by atoms with Gasteiger partial charge in [0.2, 0.25) is 0 Å². The molecule has 0 saturated carbocycles. The predicted octanol–water partition coefficient (Wildman–Crippen LogP) is 4.45. The first-order chi connectivity index (χ1) is 15.0. The van der Waals surface area contributed by atoms with Gasteiger partial charge in [-0.2, -0.15) is 0 Å². The van der Waals surface area contributed by atoms with Gasteiger partial charge in [-0.15, -0.1) is 0 Å². The molecule has 1 atom stereocenters. The molecular weight excluding hydrogens is 400 g/mol. The van der Waals surface area contributed by atoms with E-state index in [1.807, 2.05) is 24.3 Å². The summed E-state index contributed by atoms with van der Waals surface area (Å²) >= 11 is 0. The number of aromatic amines is 1. The van der Waals surface area contributed by atoms with Crippen molar-refractivity contribution >= 4 is 33.3 Å². The van der Waals surface area contributed by atoms with Gasteiger partial charge in [-0.1, -0.05) is 18.2 Å². The second kappa shape index (κ2) is 7.58. The number of hydrogen-bond donors (Lipinski definition) is 1. The van der Waals surface area contributed by atoms with E-state index in [0.29, 0.717) is 17.6 Å². The number of ketones is 1. The predicted molar refractivity (Wildman–Crippen MR) is 115 cm³/mol. The Kier molecular flexibility index (Phi) is 4.73. The van der Waals surface area contributed by atoms with Crippen molar-refractivity contribution in [2.24, 2.45) is 5.92 Å². The number of rotatable bonds is 4. The molecule has 4 aromatic rings. The minimum atomic E-state index is -0.750. The lowest BCUT2D eigenvalue weighted by Gasteiger charge is -2.21. The number of Topliss-reactive ketones (excluding diaryl/α,β-unsaturated/α-hetero) is 1. The van der Waals surface area contributed by atoms with Gasteiger partial charge in [-0.05, 0) is 36.6 Å². The Hall–Kier alpha value is -3.61. The molecule has 5 nitrogen and oxygen atoms in total. The molecule has 0 aliphatic carbocycles. The van der Waals surface area contributed by atoms with Crippen LogP contribution in [0.25, 0.3) is 21.8 Å². The van der Waals surface area contributed by atoms with E-state index in [0.717, 1.165) is 47.6 Å². The molecule has 0 amide bonds. The van der Waals surface area contributed by atoms with Gasteiger partial charge >= 0.3 is 0 Å². The minimum Gasteiger partial charge on any atom is -0.371 e. The Morgan fingerprint density at radius 3 is 2.61 bits per heavy atom. The zero-order valence-corrected chi connectivity index (χ0v) is 16.6. The Balaban J connectivity index is 1.44. The van der Waals surface area contributed by atoms with E-state index >= 15 is 0 Å². The molecule has 1 aliphatic rings. The number of fused-ring (bicyclic) bond motifs is 3. The molecule has 5 rings (SSSR count). The molecule has 0 unspecified atom stereocenters. The normalized spacial score (nSPS) is 16.3. The summed E-state index contributed by atoms with van der Waals surface area (Å²) in [5, 5.41) is 2.30. The van der Waals surface area contributed by atoms with Gasteiger partial charge in [0.1, 0.15) is 17.3 Å². The number of hydrogen-bond acceptors (Lipinski definition) is 4. The van der Waals surface area contributed by atoms with Gasteiger partial charge in [-0.3, -0.25) is 9.59 Å². The SMILES string of the molecule is O=C(C[C@@H]1CCN(c2ccnc3[nH]c(=O)c4ccccc4c23)C1)c1cc(F)cc(F)c1. The second-order valence-corrected chi connectivity index (χ2v) is 7.94. The zero-order valence-electron chi connectivity index (χ0n) is 16.6. The van der Waals surface area contributed by atoms with E-state index in [1.54, 1.807) is 12.3 Å². The summed E-state index contributed by atoms with van der Waals surface area (Å²) in [6.45, 7) is 1.37. The highest BCUT2D eigenvalue weighted by Crippen LogP contribution is 2.34. The molecule has 1 N–H and O–H groups in total. The topological polar surface area (TPSA) is 66.1 Å². The van der Waals surface area contributed by atoms with E-state index in [1.165, 1.54) is 0 Å². The van der Waals surface area contributed by atoms with Crippen molar-refractivity contribution in [2.45, 2.75) is 12.8 Å². The van der Waals surface area contributed by atoms with Crippen molar-refractivity contribution in [3.05, 3.63) is 82.3 Å². The highest BCUT2D eigenvalue weighted by Gasteiger charge is 2.27. The molecule has 0 radical (unpaired) electrons. The molecule has 7 heteroatoms. The fourth-order valence-corrected chi connectivity index (χ4v) is 4.46. The van der Waals surface area contributed by atoms with E-state index < -0.39 is 11.6 Å². The third kappa shape index (κ3) is 3.56. The third-order valence-electron chi connectivity index (χ3n) is 5.89. The maximum Gasteiger partial charge on any atom is 0.257 e. The molecule has 1 fully saturated rings. The highest BCUT2D eigenvalue weighted by atomic mass is 19.1. The van der Waals surface area contributed by atoms with Crippen LogP contribution < -0.4 is 10.5 Å². The highest BCUT2D eigenvalue weighted by molar-refractivity contribution is 6.10. The standard InChI is InChI=1S/C24H19F2N3O2/c25-16-10-15(11-17(26)12-16)21(30)9-14-6-8-29(13-14)20-5-7-27-23-22(20)18-3-1-2-4-19(18)24(31)28-23/h1-5,7,10-12,14H,6,8-9,13H2,(H,27,28,31)/t14-/m0/s1. The van der Waals surface area contributed by atoms with Gasteiger partial charge < -0.3 is 9.88 Å². The van der Waals surface area contributed by atoms with Crippen molar-refractivity contribution in [2.75, 3.05) is 18.0 Å². The summed E-state index contributed by atoms with van der Waals surface area (Å²) < 4.78 is 26.9. The van der Waals surface area contributed by atoms with Crippen LogP contribution in [0.4, 0.5) is 14.5 Å². The fraction of sp³-hybridized carbons (Fsp3) is 0.208. The lowest BCUT2D eigenvalue weighted by molar-refractivity contribution is 0.0964. The smallest absolute Gasteiger partial charge is 0.257 e. The van der Waals surface area contributed by atoms with Gasteiger partial charge in [0, 0.05) is 59.2 Å². The van der Waals surface area contributed by atoms with Crippen LogP contribution >= 0.6 is 0 Å². The fourth-order valence-electron chi connectivity index (χ4n) is 4.46. The first-order valence-electron chi connectivity index (χ1n) is 10.1.